The molecule has 1 atom stereocenters. The third kappa shape index (κ3) is 4.80. The Balaban J connectivity index is 1.93. The highest BCUT2D eigenvalue weighted by atomic mass is 35.5. The number of halogens is 1. The first kappa shape index (κ1) is 17.4. The minimum Gasteiger partial charge on any atom is -0.324 e. The average Bonchev–Trinajstić information content (AvgIpc) is 2.90. The molecule has 1 aromatic carbocycles. The Labute approximate surface area is 142 Å². The van der Waals surface area contributed by atoms with Gasteiger partial charge in [-0.15, -0.1) is 0 Å². The lowest BCUT2D eigenvalue weighted by Gasteiger charge is -2.19. The molecule has 1 aliphatic heterocycles. The van der Waals surface area contributed by atoms with Gasteiger partial charge in [-0.1, -0.05) is 11.6 Å². The van der Waals surface area contributed by atoms with Gasteiger partial charge in [-0.3, -0.25) is 0 Å². The number of thioether (sulfide) groups is 1. The number of benzene rings is 1. The quantitative estimate of drug-likeness (QED) is 0.888. The summed E-state index contributed by atoms with van der Waals surface area (Å²) in [5.74, 6) is 1.41. The molecule has 0 saturated carbocycles. The van der Waals surface area contributed by atoms with Crippen molar-refractivity contribution in [2.75, 3.05) is 45.3 Å². The highest BCUT2D eigenvalue weighted by Crippen LogP contribution is 2.25. The molecule has 4 nitrogen and oxygen atoms in total. The first-order valence-corrected chi connectivity index (χ1v) is 9.24. The Hall–Kier alpha value is -0.910. The van der Waals surface area contributed by atoms with Gasteiger partial charge in [0.1, 0.15) is 0 Å². The average molecular weight is 342 g/mol. The number of anilines is 1. The van der Waals surface area contributed by atoms with Crippen molar-refractivity contribution in [3.05, 3.63) is 28.8 Å². The van der Waals surface area contributed by atoms with Crippen LogP contribution in [0.25, 0.3) is 0 Å². The van der Waals surface area contributed by atoms with Crippen molar-refractivity contribution in [3.63, 3.8) is 0 Å². The minimum absolute atomic E-state index is 0.0151. The van der Waals surface area contributed by atoms with E-state index < -0.39 is 0 Å². The van der Waals surface area contributed by atoms with Crippen molar-refractivity contribution in [3.8, 4) is 0 Å². The van der Waals surface area contributed by atoms with Crippen LogP contribution in [0.2, 0.25) is 5.02 Å². The number of amides is 2. The third-order valence-electron chi connectivity index (χ3n) is 3.79. The lowest BCUT2D eigenvalue weighted by atomic mass is 10.1. The van der Waals surface area contributed by atoms with Crippen molar-refractivity contribution in [1.29, 1.82) is 0 Å². The van der Waals surface area contributed by atoms with Crippen LogP contribution >= 0.6 is 23.4 Å². The van der Waals surface area contributed by atoms with Crippen LogP contribution in [0.3, 0.4) is 0 Å². The number of nitrogens with one attached hydrogen (secondary N) is 1. The predicted octanol–water partition coefficient (Wildman–Crippen LogP) is 3.62. The van der Waals surface area contributed by atoms with Gasteiger partial charge in [0.2, 0.25) is 0 Å². The van der Waals surface area contributed by atoms with E-state index in [0.29, 0.717) is 5.92 Å². The van der Waals surface area contributed by atoms with Gasteiger partial charge in [-0.2, -0.15) is 11.8 Å². The summed E-state index contributed by atoms with van der Waals surface area (Å²) in [7, 11) is 4.15. The number of likely N-dealkylation sites (tertiary alicyclic amines) is 1. The van der Waals surface area contributed by atoms with Gasteiger partial charge in [0.25, 0.3) is 0 Å². The molecule has 1 fully saturated rings. The maximum atomic E-state index is 12.4. The fraction of sp³-hybridized carbons (Fsp3) is 0.562. The molecule has 0 bridgehead atoms. The maximum Gasteiger partial charge on any atom is 0.321 e. The molecule has 1 aromatic rings. The van der Waals surface area contributed by atoms with Crippen molar-refractivity contribution < 1.29 is 4.79 Å². The van der Waals surface area contributed by atoms with Crippen molar-refractivity contribution in [2.45, 2.75) is 12.2 Å². The van der Waals surface area contributed by atoms with Crippen LogP contribution in [-0.2, 0) is 5.75 Å². The van der Waals surface area contributed by atoms with Crippen LogP contribution in [0.5, 0.6) is 0 Å². The van der Waals surface area contributed by atoms with Crippen LogP contribution in [0.1, 0.15) is 12.0 Å². The highest BCUT2D eigenvalue weighted by Gasteiger charge is 2.26. The molecule has 2 rings (SSSR count). The number of nitrogens with zero attached hydrogens (tertiary/aromatic N) is 2. The molecule has 0 spiro atoms. The summed E-state index contributed by atoms with van der Waals surface area (Å²) in [6.07, 6.45) is 3.11. The summed E-state index contributed by atoms with van der Waals surface area (Å²) in [5.41, 5.74) is 1.87. The number of carbonyl (C=O) groups is 1. The molecule has 0 aromatic heterocycles. The van der Waals surface area contributed by atoms with Crippen LogP contribution in [0.4, 0.5) is 10.5 Å². The van der Waals surface area contributed by atoms with Crippen molar-refractivity contribution in [1.82, 2.24) is 9.80 Å². The van der Waals surface area contributed by atoms with Crippen LogP contribution in [0, 0.1) is 5.92 Å². The van der Waals surface area contributed by atoms with E-state index in [0.717, 1.165) is 48.1 Å². The summed E-state index contributed by atoms with van der Waals surface area (Å²) >= 11 is 7.88. The SMILES string of the molecule is CSCc1cc(NC(=O)N2CC[C@H](CN(C)C)C2)ccc1Cl. The molecular weight excluding hydrogens is 318 g/mol. The van der Waals surface area contributed by atoms with Crippen LogP contribution < -0.4 is 5.32 Å². The standard InChI is InChI=1S/C16H24ClN3OS/c1-19(2)9-12-6-7-20(10-12)16(21)18-14-4-5-15(17)13(8-14)11-22-3/h4-5,8,12H,6-7,9-11H2,1-3H3,(H,18,21)/t12-/m1/s1. The smallest absolute Gasteiger partial charge is 0.321 e. The summed E-state index contributed by atoms with van der Waals surface area (Å²) < 4.78 is 0. The van der Waals surface area contributed by atoms with Crippen molar-refractivity contribution in [2.24, 2.45) is 5.92 Å². The van der Waals surface area contributed by atoms with Gasteiger partial charge in [0, 0.05) is 36.1 Å². The molecule has 1 N–H and O–H groups in total. The minimum atomic E-state index is -0.0151. The maximum absolute atomic E-state index is 12.4. The Kier molecular flexibility index (Phi) is 6.41. The topological polar surface area (TPSA) is 35.6 Å². The van der Waals surface area contributed by atoms with E-state index in [1.165, 1.54) is 0 Å². The van der Waals surface area contributed by atoms with Gasteiger partial charge in [-0.05, 0) is 56.5 Å². The molecule has 2 amide bonds. The van der Waals surface area contributed by atoms with E-state index in [-0.39, 0.29) is 6.03 Å². The molecule has 0 aliphatic carbocycles. The Morgan fingerprint density at radius 1 is 1.50 bits per heavy atom. The number of urea groups is 1. The first-order valence-electron chi connectivity index (χ1n) is 7.47. The predicted molar refractivity (Wildman–Crippen MR) is 95.9 cm³/mol. The zero-order valence-corrected chi connectivity index (χ0v) is 15.0. The van der Waals surface area contributed by atoms with Gasteiger partial charge in [0.05, 0.1) is 0 Å². The summed E-state index contributed by atoms with van der Waals surface area (Å²) in [4.78, 5) is 16.4. The first-order chi connectivity index (χ1) is 10.5. The van der Waals surface area contributed by atoms with Crippen LogP contribution in [0.15, 0.2) is 18.2 Å². The van der Waals surface area contributed by atoms with E-state index in [1.54, 1.807) is 11.8 Å². The Morgan fingerprint density at radius 3 is 2.95 bits per heavy atom. The normalized spacial score (nSPS) is 18.0. The van der Waals surface area contributed by atoms with Gasteiger partial charge in [-0.25, -0.2) is 4.79 Å². The van der Waals surface area contributed by atoms with E-state index in [2.05, 4.69) is 24.3 Å². The lowest BCUT2D eigenvalue weighted by Crippen LogP contribution is -2.34. The van der Waals surface area contributed by atoms with Gasteiger partial charge in [0.15, 0.2) is 0 Å². The number of rotatable bonds is 5. The molecule has 122 valence electrons. The Morgan fingerprint density at radius 2 is 2.27 bits per heavy atom. The molecule has 1 heterocycles. The zero-order chi connectivity index (χ0) is 16.1. The second-order valence-corrected chi connectivity index (χ2v) is 7.31. The largest absolute Gasteiger partial charge is 0.324 e. The highest BCUT2D eigenvalue weighted by molar-refractivity contribution is 7.97. The number of carbonyl (C=O) groups excluding carboxylic acids is 1. The fourth-order valence-electron chi connectivity index (χ4n) is 2.80. The number of hydrogen-bond donors (Lipinski definition) is 1. The molecular formula is C16H24ClN3OS. The second-order valence-electron chi connectivity index (χ2n) is 6.03. The molecule has 6 heteroatoms. The molecule has 0 unspecified atom stereocenters. The molecule has 1 aliphatic rings. The second kappa shape index (κ2) is 8.09. The van der Waals surface area contributed by atoms with Gasteiger partial charge >= 0.3 is 6.03 Å². The van der Waals surface area contributed by atoms with Crippen LogP contribution in [-0.4, -0.2) is 55.8 Å². The molecule has 22 heavy (non-hydrogen) atoms. The van der Waals surface area contributed by atoms with E-state index in [4.69, 9.17) is 11.6 Å². The van der Waals surface area contributed by atoms with Gasteiger partial charge < -0.3 is 15.1 Å². The zero-order valence-electron chi connectivity index (χ0n) is 13.4. The summed E-state index contributed by atoms with van der Waals surface area (Å²) in [5, 5.41) is 3.74. The summed E-state index contributed by atoms with van der Waals surface area (Å²) in [6.45, 7) is 2.69. The Bertz CT molecular complexity index is 524. The molecule has 1 saturated heterocycles. The monoisotopic (exact) mass is 341 g/mol. The van der Waals surface area contributed by atoms with Crippen molar-refractivity contribution >= 4 is 35.1 Å². The summed E-state index contributed by atoms with van der Waals surface area (Å²) in [6, 6.07) is 5.65. The van der Waals surface area contributed by atoms with E-state index >= 15 is 0 Å². The van der Waals surface area contributed by atoms with E-state index in [1.807, 2.05) is 29.4 Å². The fourth-order valence-corrected chi connectivity index (χ4v) is 3.62. The lowest BCUT2D eigenvalue weighted by molar-refractivity contribution is 0.219. The molecule has 0 radical (unpaired) electrons. The number of hydrogen-bond acceptors (Lipinski definition) is 3. The van der Waals surface area contributed by atoms with E-state index in [9.17, 15) is 4.79 Å². The third-order valence-corrected chi connectivity index (χ3v) is 4.76.